The summed E-state index contributed by atoms with van der Waals surface area (Å²) in [5.41, 5.74) is 2.91. The second-order valence-corrected chi connectivity index (χ2v) is 8.00. The van der Waals surface area contributed by atoms with Gasteiger partial charge in [0, 0.05) is 63.2 Å². The summed E-state index contributed by atoms with van der Waals surface area (Å²) in [6, 6.07) is 0.453. The highest BCUT2D eigenvalue weighted by molar-refractivity contribution is 5.16. The molecule has 0 radical (unpaired) electrons. The average Bonchev–Trinajstić information content (AvgIpc) is 2.81. The molecule has 2 heterocycles. The third-order valence-corrected chi connectivity index (χ3v) is 4.73. The SMILES string of the molecule is CCn1ncc(CN2CCN(CC(C)(C)C)C(CCO)C2)c1C. The zero-order valence-corrected chi connectivity index (χ0v) is 15.5. The Morgan fingerprint density at radius 2 is 2.04 bits per heavy atom. The van der Waals surface area contributed by atoms with E-state index in [1.165, 1.54) is 11.3 Å². The molecule has 1 aromatic heterocycles. The van der Waals surface area contributed by atoms with Crippen LogP contribution in [0.2, 0.25) is 0 Å². The van der Waals surface area contributed by atoms with Crippen molar-refractivity contribution < 1.29 is 5.11 Å². The first-order valence-corrected chi connectivity index (χ1v) is 8.92. The van der Waals surface area contributed by atoms with Crippen molar-refractivity contribution in [2.45, 2.75) is 60.2 Å². The molecule has 1 atom stereocenters. The van der Waals surface area contributed by atoms with E-state index in [4.69, 9.17) is 0 Å². The fourth-order valence-corrected chi connectivity index (χ4v) is 3.54. The van der Waals surface area contributed by atoms with E-state index in [2.05, 4.69) is 54.2 Å². The summed E-state index contributed by atoms with van der Waals surface area (Å²) in [5, 5.41) is 13.9. The first-order valence-electron chi connectivity index (χ1n) is 8.92. The maximum Gasteiger partial charge on any atom is 0.0537 e. The quantitative estimate of drug-likeness (QED) is 0.871. The topological polar surface area (TPSA) is 44.5 Å². The summed E-state index contributed by atoms with van der Waals surface area (Å²) in [6.45, 7) is 17.6. The molecule has 0 aliphatic carbocycles. The van der Waals surface area contributed by atoms with Crippen LogP contribution in [0.3, 0.4) is 0 Å². The Balaban J connectivity index is 1.99. The molecule has 0 aromatic carbocycles. The lowest BCUT2D eigenvalue weighted by atomic mass is 9.94. The van der Waals surface area contributed by atoms with Crippen LogP contribution >= 0.6 is 0 Å². The van der Waals surface area contributed by atoms with Gasteiger partial charge in [-0.1, -0.05) is 20.8 Å². The Morgan fingerprint density at radius 1 is 1.30 bits per heavy atom. The van der Waals surface area contributed by atoms with Crippen molar-refractivity contribution >= 4 is 0 Å². The highest BCUT2D eigenvalue weighted by Gasteiger charge is 2.29. The van der Waals surface area contributed by atoms with Gasteiger partial charge in [-0.05, 0) is 25.7 Å². The van der Waals surface area contributed by atoms with E-state index in [1.54, 1.807) is 0 Å². The highest BCUT2D eigenvalue weighted by atomic mass is 16.3. The Hall–Kier alpha value is -0.910. The van der Waals surface area contributed by atoms with Gasteiger partial charge in [0.25, 0.3) is 0 Å². The third-order valence-electron chi connectivity index (χ3n) is 4.73. The summed E-state index contributed by atoms with van der Waals surface area (Å²) in [6.07, 6.45) is 2.88. The van der Waals surface area contributed by atoms with Crippen LogP contribution in [0, 0.1) is 12.3 Å². The van der Waals surface area contributed by atoms with Crippen LogP contribution in [0.15, 0.2) is 6.20 Å². The van der Waals surface area contributed by atoms with Gasteiger partial charge in [0.1, 0.15) is 0 Å². The molecular weight excluding hydrogens is 288 g/mol. The molecule has 1 saturated heterocycles. The smallest absolute Gasteiger partial charge is 0.0537 e. The molecule has 1 aromatic rings. The normalized spacial score (nSPS) is 21.0. The number of aryl methyl sites for hydroxylation is 1. The molecule has 0 saturated carbocycles. The second kappa shape index (κ2) is 7.77. The van der Waals surface area contributed by atoms with Crippen LogP contribution in [0.1, 0.15) is 45.4 Å². The fourth-order valence-electron chi connectivity index (χ4n) is 3.54. The molecule has 1 aliphatic rings. The van der Waals surface area contributed by atoms with Crippen molar-refractivity contribution in [2.24, 2.45) is 5.41 Å². The van der Waals surface area contributed by atoms with E-state index in [0.717, 1.165) is 45.7 Å². The lowest BCUT2D eigenvalue weighted by molar-refractivity contribution is 0.0339. The molecule has 1 aliphatic heterocycles. The van der Waals surface area contributed by atoms with E-state index in [1.807, 2.05) is 6.20 Å². The number of rotatable bonds is 6. The van der Waals surface area contributed by atoms with Crippen molar-refractivity contribution in [1.82, 2.24) is 19.6 Å². The van der Waals surface area contributed by atoms with E-state index in [-0.39, 0.29) is 6.61 Å². The number of hydrogen-bond acceptors (Lipinski definition) is 4. The van der Waals surface area contributed by atoms with Crippen LogP contribution < -0.4 is 0 Å². The largest absolute Gasteiger partial charge is 0.396 e. The van der Waals surface area contributed by atoms with Gasteiger partial charge >= 0.3 is 0 Å². The van der Waals surface area contributed by atoms with Crippen LogP contribution in [0.25, 0.3) is 0 Å². The predicted octanol–water partition coefficient (Wildman–Crippen LogP) is 2.13. The molecule has 1 fully saturated rings. The lowest BCUT2D eigenvalue weighted by Crippen LogP contribution is -2.54. The number of aliphatic hydroxyl groups excluding tert-OH is 1. The van der Waals surface area contributed by atoms with Gasteiger partial charge in [0.05, 0.1) is 6.20 Å². The van der Waals surface area contributed by atoms with E-state index >= 15 is 0 Å². The number of aliphatic hydroxyl groups is 1. The van der Waals surface area contributed by atoms with Crippen molar-refractivity contribution in [1.29, 1.82) is 0 Å². The molecule has 5 heteroatoms. The van der Waals surface area contributed by atoms with Gasteiger partial charge in [-0.25, -0.2) is 0 Å². The Kier molecular flexibility index (Phi) is 6.23. The van der Waals surface area contributed by atoms with Crippen molar-refractivity contribution in [3.63, 3.8) is 0 Å². The molecule has 1 unspecified atom stereocenters. The summed E-state index contributed by atoms with van der Waals surface area (Å²) >= 11 is 0. The predicted molar refractivity (Wildman–Crippen MR) is 94.4 cm³/mol. The Morgan fingerprint density at radius 3 is 2.61 bits per heavy atom. The summed E-state index contributed by atoms with van der Waals surface area (Å²) in [7, 11) is 0. The summed E-state index contributed by atoms with van der Waals surface area (Å²) < 4.78 is 2.07. The lowest BCUT2D eigenvalue weighted by Gasteiger charge is -2.44. The zero-order valence-electron chi connectivity index (χ0n) is 15.5. The van der Waals surface area contributed by atoms with Crippen LogP contribution in [-0.2, 0) is 13.1 Å². The zero-order chi connectivity index (χ0) is 17.0. The monoisotopic (exact) mass is 322 g/mol. The van der Waals surface area contributed by atoms with Crippen LogP contribution in [0.5, 0.6) is 0 Å². The standard InChI is InChI=1S/C18H34N4O/c1-6-22-15(2)16(11-19-22)12-20-8-9-21(14-18(3,4)5)17(13-20)7-10-23/h11,17,23H,6-10,12-14H2,1-5H3. The van der Waals surface area contributed by atoms with Crippen LogP contribution in [0.4, 0.5) is 0 Å². The minimum Gasteiger partial charge on any atom is -0.396 e. The van der Waals surface area contributed by atoms with E-state index < -0.39 is 0 Å². The number of nitrogens with zero attached hydrogens (tertiary/aromatic N) is 4. The number of hydrogen-bond donors (Lipinski definition) is 1. The van der Waals surface area contributed by atoms with Crippen LogP contribution in [-0.4, -0.2) is 63.5 Å². The molecule has 1 N–H and O–H groups in total. The molecule has 0 bridgehead atoms. The fraction of sp³-hybridized carbons (Fsp3) is 0.833. The Bertz CT molecular complexity index is 492. The molecule has 0 spiro atoms. The molecule has 2 rings (SSSR count). The summed E-state index contributed by atoms with van der Waals surface area (Å²) in [4.78, 5) is 5.08. The van der Waals surface area contributed by atoms with E-state index in [9.17, 15) is 5.11 Å². The van der Waals surface area contributed by atoms with Gasteiger partial charge in [-0.2, -0.15) is 5.10 Å². The summed E-state index contributed by atoms with van der Waals surface area (Å²) in [5.74, 6) is 0. The Labute approximate surface area is 141 Å². The molecule has 5 nitrogen and oxygen atoms in total. The van der Waals surface area contributed by atoms with Crippen molar-refractivity contribution in [3.05, 3.63) is 17.5 Å². The van der Waals surface area contributed by atoms with Gasteiger partial charge in [-0.15, -0.1) is 0 Å². The van der Waals surface area contributed by atoms with E-state index in [0.29, 0.717) is 11.5 Å². The molecule has 0 amide bonds. The molecular formula is C18H34N4O. The molecule has 23 heavy (non-hydrogen) atoms. The number of aromatic nitrogens is 2. The van der Waals surface area contributed by atoms with Crippen molar-refractivity contribution in [3.8, 4) is 0 Å². The van der Waals surface area contributed by atoms with Crippen molar-refractivity contribution in [2.75, 3.05) is 32.8 Å². The van der Waals surface area contributed by atoms with Gasteiger partial charge in [0.15, 0.2) is 0 Å². The van der Waals surface area contributed by atoms with Gasteiger partial charge in [-0.3, -0.25) is 14.5 Å². The minimum atomic E-state index is 0.270. The second-order valence-electron chi connectivity index (χ2n) is 8.00. The van der Waals surface area contributed by atoms with Gasteiger partial charge in [0.2, 0.25) is 0 Å². The minimum absolute atomic E-state index is 0.270. The third kappa shape index (κ3) is 5.03. The first-order chi connectivity index (χ1) is 10.8. The molecule has 132 valence electrons. The van der Waals surface area contributed by atoms with Gasteiger partial charge < -0.3 is 5.11 Å². The first kappa shape index (κ1) is 18.4. The maximum atomic E-state index is 9.43. The maximum absolute atomic E-state index is 9.43. The average molecular weight is 322 g/mol. The number of piperazine rings is 1. The highest BCUT2D eigenvalue weighted by Crippen LogP contribution is 2.22.